The molecule has 1 fully saturated rings. The van der Waals surface area contributed by atoms with Gasteiger partial charge >= 0.3 is 0 Å². The second kappa shape index (κ2) is 11.4. The molecule has 2 aliphatic rings. The van der Waals surface area contributed by atoms with Crippen molar-refractivity contribution in [2.75, 3.05) is 38.3 Å². The van der Waals surface area contributed by atoms with Gasteiger partial charge in [0.05, 0.1) is 16.3 Å². The summed E-state index contributed by atoms with van der Waals surface area (Å²) in [6, 6.07) is 18.6. The van der Waals surface area contributed by atoms with Crippen LogP contribution in [0.25, 0.3) is 21.3 Å². The van der Waals surface area contributed by atoms with E-state index in [1.807, 2.05) is 48.5 Å². The summed E-state index contributed by atoms with van der Waals surface area (Å²) in [4.78, 5) is 33.4. The van der Waals surface area contributed by atoms with Crippen molar-refractivity contribution in [3.8, 4) is 10.6 Å². The van der Waals surface area contributed by atoms with E-state index in [0.717, 1.165) is 39.0 Å². The van der Waals surface area contributed by atoms with E-state index in [9.17, 15) is 18.0 Å². The van der Waals surface area contributed by atoms with Crippen LogP contribution in [-0.4, -0.2) is 62.7 Å². The molecule has 8 nitrogen and oxygen atoms in total. The number of methoxy groups -OCH3 is 1. The predicted molar refractivity (Wildman–Crippen MR) is 160 cm³/mol. The number of thiophene rings is 1. The van der Waals surface area contributed by atoms with Crippen LogP contribution in [0.1, 0.15) is 35.2 Å². The zero-order chi connectivity index (χ0) is 28.6. The van der Waals surface area contributed by atoms with Crippen LogP contribution < -0.4 is 4.90 Å². The van der Waals surface area contributed by atoms with Crippen molar-refractivity contribution in [2.45, 2.75) is 29.9 Å². The summed E-state index contributed by atoms with van der Waals surface area (Å²) in [5.41, 5.74) is 3.20. The number of sulfonamides is 1. The number of piperidine rings is 1. The number of ether oxygens (including phenoxy) is 1. The molecule has 1 saturated heterocycles. The van der Waals surface area contributed by atoms with Gasteiger partial charge < -0.3 is 9.64 Å². The fraction of sp³-hybridized carbons (Fsp3) is 0.323. The molecule has 2 aromatic heterocycles. The van der Waals surface area contributed by atoms with Crippen molar-refractivity contribution in [1.29, 1.82) is 0 Å². The molecular formula is C31H31N3O5S2. The third kappa shape index (κ3) is 5.21. The Labute approximate surface area is 243 Å². The van der Waals surface area contributed by atoms with Crippen molar-refractivity contribution in [1.82, 2.24) is 9.29 Å². The predicted octanol–water partition coefficient (Wildman–Crippen LogP) is 5.17. The first-order chi connectivity index (χ1) is 19.9. The second-order valence-electron chi connectivity index (χ2n) is 10.4. The van der Waals surface area contributed by atoms with Gasteiger partial charge in [-0.1, -0.05) is 24.3 Å². The van der Waals surface area contributed by atoms with Gasteiger partial charge in [-0.25, -0.2) is 8.42 Å². The molecule has 2 aliphatic heterocycles. The van der Waals surface area contributed by atoms with E-state index >= 15 is 0 Å². The average molecular weight is 590 g/mol. The highest BCUT2D eigenvalue weighted by Gasteiger charge is 2.34. The monoisotopic (exact) mass is 589 g/mol. The van der Waals surface area contributed by atoms with Crippen LogP contribution >= 0.6 is 11.3 Å². The maximum atomic E-state index is 13.4. The van der Waals surface area contributed by atoms with Crippen LogP contribution in [0.5, 0.6) is 0 Å². The molecule has 6 rings (SSSR count). The van der Waals surface area contributed by atoms with Gasteiger partial charge in [0.25, 0.3) is 15.9 Å². The molecule has 0 bridgehead atoms. The maximum absolute atomic E-state index is 13.4. The lowest BCUT2D eigenvalue weighted by atomic mass is 9.88. The summed E-state index contributed by atoms with van der Waals surface area (Å²) >= 11 is 1.22. The Kier molecular flexibility index (Phi) is 7.74. The minimum absolute atomic E-state index is 0.0170. The number of pyridine rings is 1. The third-order valence-electron chi connectivity index (χ3n) is 7.97. The fourth-order valence-corrected chi connectivity index (χ4v) is 8.74. The Hall–Kier alpha value is -3.44. The second-order valence-corrected chi connectivity index (χ2v) is 13.7. The van der Waals surface area contributed by atoms with Crippen molar-refractivity contribution >= 4 is 49.5 Å². The molecule has 2 aromatic carbocycles. The Morgan fingerprint density at radius 3 is 2.63 bits per heavy atom. The van der Waals surface area contributed by atoms with E-state index in [0.29, 0.717) is 48.9 Å². The number of amides is 1. The molecule has 4 aromatic rings. The van der Waals surface area contributed by atoms with Gasteiger partial charge in [-0.15, -0.1) is 11.3 Å². The number of hydrogen-bond donors (Lipinski definition) is 0. The van der Waals surface area contributed by atoms with Crippen LogP contribution in [0, 0.1) is 5.92 Å². The molecule has 4 heterocycles. The minimum atomic E-state index is -3.64. The zero-order valence-electron chi connectivity index (χ0n) is 22.8. The van der Waals surface area contributed by atoms with Gasteiger partial charge in [-0.3, -0.25) is 14.6 Å². The van der Waals surface area contributed by atoms with Crippen molar-refractivity contribution in [3.05, 3.63) is 78.0 Å². The summed E-state index contributed by atoms with van der Waals surface area (Å²) in [5, 5.41) is 1.83. The molecule has 212 valence electrons. The van der Waals surface area contributed by atoms with Gasteiger partial charge in [0, 0.05) is 62.8 Å². The van der Waals surface area contributed by atoms with E-state index in [1.54, 1.807) is 30.3 Å². The van der Waals surface area contributed by atoms with Crippen LogP contribution in [-0.2, 0) is 26.0 Å². The van der Waals surface area contributed by atoms with E-state index < -0.39 is 10.0 Å². The van der Waals surface area contributed by atoms with Crippen LogP contribution in [0.3, 0.4) is 0 Å². The normalized spacial score (nSPS) is 16.1. The number of carbonyl (C=O) groups excluding carboxylic acids is 2. The smallest absolute Gasteiger partial charge is 0.258 e. The zero-order valence-corrected chi connectivity index (χ0v) is 24.4. The molecule has 0 atom stereocenters. The van der Waals surface area contributed by atoms with E-state index in [1.165, 1.54) is 15.6 Å². The number of anilines is 1. The quantitative estimate of drug-likeness (QED) is 0.237. The first-order valence-electron chi connectivity index (χ1n) is 13.8. The number of hydrogen-bond acceptors (Lipinski definition) is 7. The van der Waals surface area contributed by atoms with Gasteiger partial charge in [-0.2, -0.15) is 4.31 Å². The summed E-state index contributed by atoms with van der Waals surface area (Å²) < 4.78 is 33.6. The SMILES string of the molecule is COCCCN1C(=O)c2cccc3c(CC(=O)C4CCN(S(=O)(=O)c5ccc(-c6ccccn6)s5)CC4)ccc1c23. The van der Waals surface area contributed by atoms with Crippen LogP contribution in [0.15, 0.2) is 71.1 Å². The Morgan fingerprint density at radius 2 is 1.88 bits per heavy atom. The molecule has 0 N–H and O–H groups in total. The average Bonchev–Trinajstić information content (AvgIpc) is 3.61. The van der Waals surface area contributed by atoms with Crippen molar-refractivity contribution in [2.24, 2.45) is 5.92 Å². The van der Waals surface area contributed by atoms with Crippen LogP contribution in [0.2, 0.25) is 0 Å². The van der Waals surface area contributed by atoms with Crippen LogP contribution in [0.4, 0.5) is 5.69 Å². The molecule has 0 aliphatic carbocycles. The number of carbonyl (C=O) groups is 2. The van der Waals surface area contributed by atoms with E-state index in [2.05, 4.69) is 4.98 Å². The number of Topliss-reactive ketones (excluding diaryl/α,β-unsaturated/α-hetero) is 1. The largest absolute Gasteiger partial charge is 0.385 e. The Morgan fingerprint density at radius 1 is 1.05 bits per heavy atom. The number of ketones is 1. The molecular weight excluding hydrogens is 558 g/mol. The molecule has 10 heteroatoms. The topological polar surface area (TPSA) is 96.9 Å². The van der Waals surface area contributed by atoms with Gasteiger partial charge in [0.2, 0.25) is 0 Å². The maximum Gasteiger partial charge on any atom is 0.258 e. The Bertz CT molecular complexity index is 1710. The number of aromatic nitrogens is 1. The number of nitrogens with zero attached hydrogens (tertiary/aromatic N) is 3. The number of rotatable bonds is 10. The van der Waals surface area contributed by atoms with Gasteiger partial charge in [-0.05, 0) is 66.6 Å². The lowest BCUT2D eigenvalue weighted by molar-refractivity contribution is -0.123. The van der Waals surface area contributed by atoms with Crippen molar-refractivity contribution in [3.63, 3.8) is 0 Å². The fourth-order valence-electron chi connectivity index (χ4n) is 5.83. The molecule has 0 unspecified atom stereocenters. The lowest BCUT2D eigenvalue weighted by Gasteiger charge is -2.30. The lowest BCUT2D eigenvalue weighted by Crippen LogP contribution is -2.40. The van der Waals surface area contributed by atoms with E-state index in [4.69, 9.17) is 4.74 Å². The first kappa shape index (κ1) is 27.7. The first-order valence-corrected chi connectivity index (χ1v) is 16.0. The van der Waals surface area contributed by atoms with Crippen molar-refractivity contribution < 1.29 is 22.7 Å². The van der Waals surface area contributed by atoms with Gasteiger partial charge in [0.1, 0.15) is 9.99 Å². The summed E-state index contributed by atoms with van der Waals surface area (Å²) in [5.74, 6) is -0.113. The minimum Gasteiger partial charge on any atom is -0.385 e. The molecule has 0 spiro atoms. The third-order valence-corrected chi connectivity index (χ3v) is 11.4. The van der Waals surface area contributed by atoms with Gasteiger partial charge in [0.15, 0.2) is 0 Å². The molecule has 0 saturated carbocycles. The summed E-state index contributed by atoms with van der Waals surface area (Å²) in [6.45, 7) is 1.77. The summed E-state index contributed by atoms with van der Waals surface area (Å²) in [7, 11) is -1.99. The highest BCUT2D eigenvalue weighted by Crippen LogP contribution is 2.40. The molecule has 41 heavy (non-hydrogen) atoms. The molecule has 1 amide bonds. The van der Waals surface area contributed by atoms with E-state index in [-0.39, 0.29) is 24.0 Å². The Balaban J connectivity index is 1.13. The molecule has 0 radical (unpaired) electrons. The standard InChI is InChI=1S/C31H31N3O5S2/c1-39-19-5-16-34-26-10-9-22(23-6-4-7-24(30(23)26)31(34)36)20-27(35)21-13-17-33(18-14-21)41(37,38)29-12-11-28(40-29)25-8-2-3-15-32-25/h2-4,6-12,15,21H,5,13-14,16-20H2,1H3. The highest BCUT2D eigenvalue weighted by atomic mass is 32.2. The highest BCUT2D eigenvalue weighted by molar-refractivity contribution is 7.91. The number of benzene rings is 2. The summed E-state index contributed by atoms with van der Waals surface area (Å²) in [6.07, 6.45) is 3.67.